The van der Waals surface area contributed by atoms with Crippen LogP contribution in [0.25, 0.3) is 32.3 Å². The Morgan fingerprint density at radius 3 is 1.88 bits per heavy atom. The first-order valence-corrected chi connectivity index (χ1v) is 13.6. The lowest BCUT2D eigenvalue weighted by molar-refractivity contribution is 0.0949. The Kier molecular flexibility index (Phi) is 6.26. The Balaban J connectivity index is 1.35. The SMILES string of the molecule is Cc1ccc(C(=O)NCc2cc3ccc4ccc(N(C)C(=O)c5ccc(C)c(C)c5)c5ccc(c2)c3c45)cc1C. The van der Waals surface area contributed by atoms with E-state index in [1.807, 2.05) is 70.3 Å². The van der Waals surface area contributed by atoms with Gasteiger partial charge in [-0.3, -0.25) is 9.59 Å². The van der Waals surface area contributed by atoms with Gasteiger partial charge in [-0.1, -0.05) is 42.5 Å². The third-order valence-electron chi connectivity index (χ3n) is 8.28. The van der Waals surface area contributed by atoms with E-state index in [9.17, 15) is 9.59 Å². The van der Waals surface area contributed by atoms with Crippen molar-refractivity contribution in [2.24, 2.45) is 0 Å². The smallest absolute Gasteiger partial charge is 0.258 e. The van der Waals surface area contributed by atoms with Crippen molar-refractivity contribution in [1.29, 1.82) is 0 Å². The van der Waals surface area contributed by atoms with Gasteiger partial charge in [0.15, 0.2) is 0 Å². The van der Waals surface area contributed by atoms with Gasteiger partial charge in [-0.15, -0.1) is 0 Å². The molecule has 0 saturated carbocycles. The van der Waals surface area contributed by atoms with E-state index >= 15 is 0 Å². The molecule has 0 aliphatic carbocycles. The highest BCUT2D eigenvalue weighted by Gasteiger charge is 2.19. The zero-order valence-electron chi connectivity index (χ0n) is 23.6. The number of nitrogens with zero attached hydrogens (tertiary/aromatic N) is 1. The first-order chi connectivity index (χ1) is 19.2. The fraction of sp³-hybridized carbons (Fsp3) is 0.167. The number of anilines is 1. The molecule has 40 heavy (non-hydrogen) atoms. The highest BCUT2D eigenvalue weighted by atomic mass is 16.2. The maximum absolute atomic E-state index is 13.5. The summed E-state index contributed by atoms with van der Waals surface area (Å²) in [5, 5.41) is 9.83. The van der Waals surface area contributed by atoms with Crippen LogP contribution in [0.5, 0.6) is 0 Å². The third-order valence-corrected chi connectivity index (χ3v) is 8.28. The fourth-order valence-electron chi connectivity index (χ4n) is 5.61. The van der Waals surface area contributed by atoms with Crippen molar-refractivity contribution in [3.63, 3.8) is 0 Å². The van der Waals surface area contributed by atoms with Crippen LogP contribution in [0.2, 0.25) is 0 Å². The van der Waals surface area contributed by atoms with Gasteiger partial charge >= 0.3 is 0 Å². The summed E-state index contributed by atoms with van der Waals surface area (Å²) in [5.41, 5.74) is 7.85. The zero-order valence-corrected chi connectivity index (χ0v) is 23.6. The van der Waals surface area contributed by atoms with Crippen molar-refractivity contribution in [2.45, 2.75) is 34.2 Å². The molecule has 6 rings (SSSR count). The van der Waals surface area contributed by atoms with Crippen LogP contribution < -0.4 is 10.2 Å². The van der Waals surface area contributed by atoms with Crippen LogP contribution in [0.4, 0.5) is 5.69 Å². The van der Waals surface area contributed by atoms with E-state index in [4.69, 9.17) is 0 Å². The van der Waals surface area contributed by atoms with Crippen molar-refractivity contribution in [3.8, 4) is 0 Å². The van der Waals surface area contributed by atoms with Gasteiger partial charge < -0.3 is 10.2 Å². The van der Waals surface area contributed by atoms with Gasteiger partial charge in [0.25, 0.3) is 11.8 Å². The number of carbonyl (C=O) groups is 2. The summed E-state index contributed by atoms with van der Waals surface area (Å²) < 4.78 is 0. The maximum atomic E-state index is 13.5. The Labute approximate surface area is 234 Å². The highest BCUT2D eigenvalue weighted by Crippen LogP contribution is 2.39. The normalized spacial score (nSPS) is 11.4. The van der Waals surface area contributed by atoms with Gasteiger partial charge in [0, 0.05) is 30.1 Å². The lowest BCUT2D eigenvalue weighted by atomic mass is 9.92. The molecule has 0 aromatic heterocycles. The average molecular weight is 525 g/mol. The lowest BCUT2D eigenvalue weighted by Gasteiger charge is -2.22. The van der Waals surface area contributed by atoms with Crippen molar-refractivity contribution in [3.05, 3.63) is 124 Å². The van der Waals surface area contributed by atoms with Crippen LogP contribution in [0.1, 0.15) is 48.5 Å². The molecule has 0 aliphatic rings. The summed E-state index contributed by atoms with van der Waals surface area (Å²) in [6, 6.07) is 28.6. The standard InChI is InChI=1S/C36H32N2O2/c1-21-6-8-29(16-23(21)3)35(39)37-20-25-18-27-11-10-26-13-15-32(31-14-12-28(19-25)33(27)34(26)31)38(5)36(40)30-9-7-22(2)24(4)17-30/h6-19H,20H2,1-5H3,(H,37,39). The Bertz CT molecular complexity index is 1930. The van der Waals surface area contributed by atoms with E-state index < -0.39 is 0 Å². The Morgan fingerprint density at radius 1 is 0.625 bits per heavy atom. The molecular weight excluding hydrogens is 492 g/mol. The predicted octanol–water partition coefficient (Wildman–Crippen LogP) is 8.02. The summed E-state index contributed by atoms with van der Waals surface area (Å²) in [5.74, 6) is -0.103. The third kappa shape index (κ3) is 4.36. The minimum absolute atomic E-state index is 0.0278. The maximum Gasteiger partial charge on any atom is 0.258 e. The number of nitrogens with one attached hydrogen (secondary N) is 1. The molecule has 198 valence electrons. The minimum atomic E-state index is -0.0747. The molecule has 0 radical (unpaired) electrons. The second-order valence-electron chi connectivity index (χ2n) is 10.9. The first kappa shape index (κ1) is 25.6. The number of rotatable bonds is 5. The first-order valence-electron chi connectivity index (χ1n) is 13.6. The summed E-state index contributed by atoms with van der Waals surface area (Å²) in [4.78, 5) is 28.0. The van der Waals surface area contributed by atoms with E-state index in [0.29, 0.717) is 17.7 Å². The minimum Gasteiger partial charge on any atom is -0.348 e. The molecule has 6 aromatic rings. The van der Waals surface area contributed by atoms with Gasteiger partial charge in [-0.25, -0.2) is 0 Å². The predicted molar refractivity (Wildman–Crippen MR) is 166 cm³/mol. The largest absolute Gasteiger partial charge is 0.348 e. The van der Waals surface area contributed by atoms with Gasteiger partial charge in [0.1, 0.15) is 0 Å². The van der Waals surface area contributed by atoms with Gasteiger partial charge in [-0.2, -0.15) is 0 Å². The van der Waals surface area contributed by atoms with Gasteiger partial charge in [0.05, 0.1) is 5.69 Å². The summed E-state index contributed by atoms with van der Waals surface area (Å²) in [7, 11) is 1.85. The van der Waals surface area contributed by atoms with E-state index in [-0.39, 0.29) is 11.8 Å². The van der Waals surface area contributed by atoms with Gasteiger partial charge in [0.2, 0.25) is 0 Å². The molecule has 6 aromatic carbocycles. The molecule has 0 fully saturated rings. The highest BCUT2D eigenvalue weighted by molar-refractivity contribution is 6.26. The summed E-state index contributed by atoms with van der Waals surface area (Å²) >= 11 is 0. The molecule has 1 N–H and O–H groups in total. The number of aryl methyl sites for hydroxylation is 4. The molecular formula is C36H32N2O2. The molecule has 0 bridgehead atoms. The van der Waals surface area contributed by atoms with E-state index in [2.05, 4.69) is 54.7 Å². The van der Waals surface area contributed by atoms with Crippen molar-refractivity contribution < 1.29 is 9.59 Å². The van der Waals surface area contributed by atoms with Crippen LogP contribution in [0.3, 0.4) is 0 Å². The molecule has 0 unspecified atom stereocenters. The van der Waals surface area contributed by atoms with Crippen LogP contribution >= 0.6 is 0 Å². The second kappa shape index (κ2) is 9.80. The average Bonchev–Trinajstić information content (AvgIpc) is 2.96. The lowest BCUT2D eigenvalue weighted by Crippen LogP contribution is -2.26. The Hall–Kier alpha value is -4.70. The number of benzene rings is 6. The van der Waals surface area contributed by atoms with Crippen LogP contribution in [0.15, 0.2) is 84.9 Å². The van der Waals surface area contributed by atoms with Gasteiger partial charge in [-0.05, 0) is 125 Å². The van der Waals surface area contributed by atoms with E-state index in [1.165, 1.54) is 16.5 Å². The monoisotopic (exact) mass is 524 g/mol. The number of carbonyl (C=O) groups excluding carboxylic acids is 2. The molecule has 0 aliphatic heterocycles. The molecule has 0 atom stereocenters. The number of hydrogen-bond acceptors (Lipinski definition) is 2. The van der Waals surface area contributed by atoms with Crippen molar-refractivity contribution in [2.75, 3.05) is 11.9 Å². The molecule has 0 heterocycles. The molecule has 0 spiro atoms. The number of amides is 2. The van der Waals surface area contributed by atoms with Crippen molar-refractivity contribution >= 4 is 49.8 Å². The summed E-state index contributed by atoms with van der Waals surface area (Å²) in [6.45, 7) is 8.60. The molecule has 2 amide bonds. The Morgan fingerprint density at radius 2 is 1.20 bits per heavy atom. The molecule has 4 nitrogen and oxygen atoms in total. The second-order valence-corrected chi connectivity index (χ2v) is 10.9. The van der Waals surface area contributed by atoms with Crippen LogP contribution in [-0.2, 0) is 6.54 Å². The zero-order chi connectivity index (χ0) is 28.1. The van der Waals surface area contributed by atoms with Crippen LogP contribution in [0, 0.1) is 27.7 Å². The molecule has 4 heteroatoms. The van der Waals surface area contributed by atoms with Crippen molar-refractivity contribution in [1.82, 2.24) is 5.32 Å². The fourth-order valence-corrected chi connectivity index (χ4v) is 5.61. The number of hydrogen-bond donors (Lipinski definition) is 1. The molecule has 0 saturated heterocycles. The van der Waals surface area contributed by atoms with Crippen LogP contribution in [-0.4, -0.2) is 18.9 Å². The summed E-state index contributed by atoms with van der Waals surface area (Å²) in [6.07, 6.45) is 0. The van der Waals surface area contributed by atoms with E-state index in [0.717, 1.165) is 49.3 Å². The topological polar surface area (TPSA) is 49.4 Å². The van der Waals surface area contributed by atoms with E-state index in [1.54, 1.807) is 4.90 Å². The quantitative estimate of drug-likeness (QED) is 0.232.